The smallest absolute Gasteiger partial charge is 0.255 e. The van der Waals surface area contributed by atoms with E-state index in [2.05, 4.69) is 10.3 Å². The van der Waals surface area contributed by atoms with Gasteiger partial charge in [-0.25, -0.2) is 4.98 Å². The van der Waals surface area contributed by atoms with Crippen LogP contribution in [0.5, 0.6) is 0 Å². The zero-order valence-corrected chi connectivity index (χ0v) is 12.7. The second-order valence-corrected chi connectivity index (χ2v) is 5.08. The number of nitriles is 1. The molecule has 0 aliphatic heterocycles. The Morgan fingerprint density at radius 2 is 2.10 bits per heavy atom. The number of anilines is 1. The normalized spacial score (nSPS) is 10.0. The van der Waals surface area contributed by atoms with Gasteiger partial charge in [0.1, 0.15) is 5.15 Å². The average molecular weight is 320 g/mol. The van der Waals surface area contributed by atoms with Gasteiger partial charge in [-0.15, -0.1) is 0 Å². The van der Waals surface area contributed by atoms with Crippen molar-refractivity contribution in [2.45, 2.75) is 13.3 Å². The molecule has 0 atom stereocenters. The highest BCUT2D eigenvalue weighted by Gasteiger charge is 2.11. The van der Waals surface area contributed by atoms with E-state index in [9.17, 15) is 4.79 Å². The van der Waals surface area contributed by atoms with E-state index in [0.29, 0.717) is 28.3 Å². The number of carbonyl (C=O) groups excluding carboxylic acids is 1. The third-order valence-corrected chi connectivity index (χ3v) is 3.34. The molecule has 0 radical (unpaired) electrons. The molecule has 21 heavy (non-hydrogen) atoms. The minimum absolute atomic E-state index is 0.261. The number of halogens is 2. The zero-order chi connectivity index (χ0) is 15.4. The monoisotopic (exact) mass is 319 g/mol. The fourth-order valence-corrected chi connectivity index (χ4v) is 2.14. The first-order chi connectivity index (χ1) is 10.0. The lowest BCUT2D eigenvalue weighted by molar-refractivity contribution is 0.102. The van der Waals surface area contributed by atoms with Crippen LogP contribution in [0.4, 0.5) is 5.69 Å². The highest BCUT2D eigenvalue weighted by atomic mass is 35.5. The molecule has 0 aliphatic carbocycles. The fraction of sp³-hybridized carbons (Fsp3) is 0.133. The van der Waals surface area contributed by atoms with Gasteiger partial charge >= 0.3 is 0 Å². The van der Waals surface area contributed by atoms with Gasteiger partial charge in [0.2, 0.25) is 0 Å². The summed E-state index contributed by atoms with van der Waals surface area (Å²) in [7, 11) is 0. The van der Waals surface area contributed by atoms with Gasteiger partial charge in [-0.3, -0.25) is 4.79 Å². The third-order valence-electron chi connectivity index (χ3n) is 2.82. The Hall–Kier alpha value is -2.09. The molecule has 0 aliphatic rings. The third kappa shape index (κ3) is 3.72. The van der Waals surface area contributed by atoms with Crippen molar-refractivity contribution < 1.29 is 4.79 Å². The number of hydrogen-bond acceptors (Lipinski definition) is 3. The number of aryl methyl sites for hydroxylation is 1. The first-order valence-corrected chi connectivity index (χ1v) is 6.96. The van der Waals surface area contributed by atoms with Gasteiger partial charge in [-0.05, 0) is 36.8 Å². The van der Waals surface area contributed by atoms with Gasteiger partial charge in [0.15, 0.2) is 0 Å². The Bertz CT molecular complexity index is 738. The first-order valence-electron chi connectivity index (χ1n) is 6.21. The van der Waals surface area contributed by atoms with E-state index >= 15 is 0 Å². The van der Waals surface area contributed by atoms with Crippen LogP contribution < -0.4 is 5.32 Å². The van der Waals surface area contributed by atoms with E-state index in [1.54, 1.807) is 18.2 Å². The minimum Gasteiger partial charge on any atom is -0.321 e. The molecule has 0 bridgehead atoms. The van der Waals surface area contributed by atoms with E-state index in [-0.39, 0.29) is 11.1 Å². The van der Waals surface area contributed by atoms with Crippen LogP contribution in [0.2, 0.25) is 10.2 Å². The molecule has 2 rings (SSSR count). The van der Waals surface area contributed by atoms with Gasteiger partial charge in [-0.1, -0.05) is 30.1 Å². The van der Waals surface area contributed by atoms with E-state index in [0.717, 1.165) is 5.69 Å². The lowest BCUT2D eigenvalue weighted by Gasteiger charge is -2.08. The molecule has 1 heterocycles. The summed E-state index contributed by atoms with van der Waals surface area (Å²) in [5.41, 5.74) is 1.92. The Labute approximate surface area is 132 Å². The molecule has 1 aromatic carbocycles. The van der Waals surface area contributed by atoms with Crippen molar-refractivity contribution in [2.75, 3.05) is 5.32 Å². The van der Waals surface area contributed by atoms with E-state index in [4.69, 9.17) is 28.5 Å². The van der Waals surface area contributed by atoms with E-state index < -0.39 is 0 Å². The Balaban J connectivity index is 2.30. The van der Waals surface area contributed by atoms with E-state index in [1.807, 2.05) is 13.0 Å². The van der Waals surface area contributed by atoms with Crippen molar-refractivity contribution in [3.05, 3.63) is 57.3 Å². The molecule has 1 N–H and O–H groups in total. The number of amides is 1. The average Bonchev–Trinajstić information content (AvgIpc) is 2.48. The van der Waals surface area contributed by atoms with Gasteiger partial charge in [0, 0.05) is 11.3 Å². The van der Waals surface area contributed by atoms with Crippen molar-refractivity contribution in [1.82, 2.24) is 4.98 Å². The first kappa shape index (κ1) is 15.3. The summed E-state index contributed by atoms with van der Waals surface area (Å²) in [6.07, 6.45) is 0.672. The summed E-state index contributed by atoms with van der Waals surface area (Å²) in [6.45, 7) is 1.92. The van der Waals surface area contributed by atoms with Crippen LogP contribution in [0.1, 0.15) is 28.5 Å². The molecular formula is C15H11Cl2N3O. The van der Waals surface area contributed by atoms with Crippen LogP contribution in [-0.4, -0.2) is 10.9 Å². The van der Waals surface area contributed by atoms with E-state index in [1.165, 1.54) is 12.1 Å². The molecular weight excluding hydrogens is 309 g/mol. The number of rotatable bonds is 3. The minimum atomic E-state index is -0.356. The van der Waals surface area contributed by atoms with Crippen molar-refractivity contribution in [2.24, 2.45) is 0 Å². The molecule has 1 amide bonds. The number of pyridine rings is 1. The summed E-state index contributed by atoms with van der Waals surface area (Å²) in [6, 6.07) is 9.81. The summed E-state index contributed by atoms with van der Waals surface area (Å²) < 4.78 is 0. The van der Waals surface area contributed by atoms with Crippen LogP contribution >= 0.6 is 23.2 Å². The quantitative estimate of drug-likeness (QED) is 0.867. The zero-order valence-electron chi connectivity index (χ0n) is 11.2. The molecule has 6 heteroatoms. The maximum Gasteiger partial charge on any atom is 0.255 e. The second kappa shape index (κ2) is 6.57. The number of aromatic nitrogens is 1. The summed E-state index contributed by atoms with van der Waals surface area (Å²) in [4.78, 5) is 16.4. The fourth-order valence-electron chi connectivity index (χ4n) is 1.75. The lowest BCUT2D eigenvalue weighted by atomic mass is 10.1. The number of benzene rings is 1. The molecule has 1 aromatic heterocycles. The maximum absolute atomic E-state index is 12.2. The molecule has 106 valence electrons. The molecule has 0 saturated carbocycles. The topological polar surface area (TPSA) is 65.8 Å². The van der Waals surface area contributed by atoms with Crippen LogP contribution in [0.3, 0.4) is 0 Å². The number of nitrogens with zero attached hydrogens (tertiary/aromatic N) is 2. The standard InChI is InChI=1S/C15H11Cl2N3O/c1-2-11-6-10(7-14(17)19-11)15(21)20-13-5-9(8-18)3-4-12(13)16/h3-7H,2H2,1H3,(H,20,21). The highest BCUT2D eigenvalue weighted by molar-refractivity contribution is 6.34. The second-order valence-electron chi connectivity index (χ2n) is 4.28. The summed E-state index contributed by atoms with van der Waals surface area (Å²) in [5.74, 6) is -0.356. The highest BCUT2D eigenvalue weighted by Crippen LogP contribution is 2.24. The molecule has 0 spiro atoms. The SMILES string of the molecule is CCc1cc(C(=O)Nc2cc(C#N)ccc2Cl)cc(Cl)n1. The molecule has 0 saturated heterocycles. The Morgan fingerprint density at radius 1 is 1.33 bits per heavy atom. The Morgan fingerprint density at radius 3 is 2.76 bits per heavy atom. The van der Waals surface area contributed by atoms with Gasteiger partial charge in [-0.2, -0.15) is 5.26 Å². The molecule has 2 aromatic rings. The van der Waals surface area contributed by atoms with Crippen LogP contribution in [0, 0.1) is 11.3 Å². The largest absolute Gasteiger partial charge is 0.321 e. The molecule has 0 fully saturated rings. The summed E-state index contributed by atoms with van der Waals surface area (Å²) >= 11 is 11.9. The van der Waals surface area contributed by atoms with Crippen LogP contribution in [-0.2, 0) is 6.42 Å². The lowest BCUT2D eigenvalue weighted by Crippen LogP contribution is -2.13. The Kier molecular flexibility index (Phi) is 4.79. The van der Waals surface area contributed by atoms with Gasteiger partial charge in [0.25, 0.3) is 5.91 Å². The van der Waals surface area contributed by atoms with Crippen LogP contribution in [0.15, 0.2) is 30.3 Å². The molecule has 0 unspecified atom stereocenters. The van der Waals surface area contributed by atoms with Crippen molar-refractivity contribution >= 4 is 34.8 Å². The van der Waals surface area contributed by atoms with Crippen LogP contribution in [0.25, 0.3) is 0 Å². The van der Waals surface area contributed by atoms with Crippen molar-refractivity contribution in [3.63, 3.8) is 0 Å². The van der Waals surface area contributed by atoms with Gasteiger partial charge in [0.05, 0.1) is 22.3 Å². The molecule has 4 nitrogen and oxygen atoms in total. The predicted octanol–water partition coefficient (Wildman–Crippen LogP) is 4.07. The predicted molar refractivity (Wildman–Crippen MR) is 82.7 cm³/mol. The van der Waals surface area contributed by atoms with Crippen molar-refractivity contribution in [3.8, 4) is 6.07 Å². The number of carbonyl (C=O) groups is 1. The summed E-state index contributed by atoms with van der Waals surface area (Å²) in [5, 5.41) is 12.2. The maximum atomic E-state index is 12.2. The van der Waals surface area contributed by atoms with Gasteiger partial charge < -0.3 is 5.32 Å². The number of hydrogen-bond donors (Lipinski definition) is 1. The number of nitrogens with one attached hydrogen (secondary N) is 1. The van der Waals surface area contributed by atoms with Crippen molar-refractivity contribution in [1.29, 1.82) is 5.26 Å².